The molecular formula is C23H25N3. The van der Waals surface area contributed by atoms with Crippen molar-refractivity contribution in [3.8, 4) is 0 Å². The minimum absolute atomic E-state index is 0.0361. The molecule has 4 rings (SSSR count). The minimum Gasteiger partial charge on any atom is -0.373 e. The maximum Gasteiger partial charge on any atom is 0.0940 e. The molecule has 1 fully saturated rings. The predicted molar refractivity (Wildman–Crippen MR) is 109 cm³/mol. The Bertz CT molecular complexity index is 772. The Morgan fingerprint density at radius 1 is 0.808 bits per heavy atom. The second-order valence-electron chi connectivity index (χ2n) is 6.84. The van der Waals surface area contributed by atoms with Crippen LogP contribution in [0.25, 0.3) is 0 Å². The van der Waals surface area contributed by atoms with E-state index in [-0.39, 0.29) is 6.04 Å². The van der Waals surface area contributed by atoms with Crippen LogP contribution in [0.4, 0.5) is 11.4 Å². The van der Waals surface area contributed by atoms with E-state index in [9.17, 15) is 0 Å². The molecule has 2 aromatic carbocycles. The molecule has 1 saturated heterocycles. The molecule has 132 valence electrons. The van der Waals surface area contributed by atoms with E-state index in [0.29, 0.717) is 0 Å². The number of rotatable bonds is 5. The zero-order valence-corrected chi connectivity index (χ0v) is 15.0. The quantitative estimate of drug-likeness (QED) is 0.684. The van der Waals surface area contributed by atoms with Gasteiger partial charge >= 0.3 is 0 Å². The van der Waals surface area contributed by atoms with Gasteiger partial charge < -0.3 is 10.2 Å². The lowest BCUT2D eigenvalue weighted by atomic mass is 10.0. The summed E-state index contributed by atoms with van der Waals surface area (Å²) < 4.78 is 0. The Morgan fingerprint density at radius 3 is 2.38 bits per heavy atom. The van der Waals surface area contributed by atoms with E-state index in [2.05, 4.69) is 75.9 Å². The third-order valence-electron chi connectivity index (χ3n) is 4.99. The molecule has 1 aliphatic heterocycles. The molecule has 0 unspecified atom stereocenters. The van der Waals surface area contributed by atoms with Crippen LogP contribution in [-0.2, 0) is 0 Å². The molecule has 0 amide bonds. The molecule has 0 radical (unpaired) electrons. The van der Waals surface area contributed by atoms with Crippen molar-refractivity contribution in [3.63, 3.8) is 0 Å². The van der Waals surface area contributed by atoms with Crippen molar-refractivity contribution in [1.82, 2.24) is 4.98 Å². The molecule has 1 aromatic heterocycles. The van der Waals surface area contributed by atoms with E-state index in [1.807, 2.05) is 18.3 Å². The van der Waals surface area contributed by atoms with Crippen molar-refractivity contribution >= 4 is 11.4 Å². The first kappa shape index (κ1) is 16.6. The van der Waals surface area contributed by atoms with Gasteiger partial charge in [-0.15, -0.1) is 0 Å². The van der Waals surface area contributed by atoms with Gasteiger partial charge in [-0.3, -0.25) is 4.98 Å². The summed E-state index contributed by atoms with van der Waals surface area (Å²) >= 11 is 0. The van der Waals surface area contributed by atoms with E-state index in [1.54, 1.807) is 0 Å². The van der Waals surface area contributed by atoms with Crippen LogP contribution < -0.4 is 10.2 Å². The summed E-state index contributed by atoms with van der Waals surface area (Å²) in [6, 6.07) is 25.4. The summed E-state index contributed by atoms with van der Waals surface area (Å²) in [6.45, 7) is 2.32. The number of hydrogen-bond acceptors (Lipinski definition) is 3. The number of hydrogen-bond donors (Lipinski definition) is 1. The summed E-state index contributed by atoms with van der Waals surface area (Å²) in [5, 5.41) is 3.70. The van der Waals surface area contributed by atoms with Crippen molar-refractivity contribution in [3.05, 3.63) is 90.3 Å². The number of nitrogens with one attached hydrogen (secondary N) is 1. The molecule has 26 heavy (non-hydrogen) atoms. The molecule has 3 aromatic rings. The number of anilines is 2. The molecule has 0 spiro atoms. The van der Waals surface area contributed by atoms with Crippen LogP contribution in [0.2, 0.25) is 0 Å². The molecule has 3 nitrogen and oxygen atoms in total. The Labute approximate surface area is 155 Å². The molecule has 0 aliphatic carbocycles. The number of pyridine rings is 1. The van der Waals surface area contributed by atoms with Crippen molar-refractivity contribution in [2.24, 2.45) is 0 Å². The fraction of sp³-hybridized carbons (Fsp3) is 0.261. The average Bonchev–Trinajstić information content (AvgIpc) is 2.74. The van der Waals surface area contributed by atoms with Gasteiger partial charge in [-0.2, -0.15) is 0 Å². The Kier molecular flexibility index (Phi) is 5.15. The number of piperidine rings is 1. The van der Waals surface area contributed by atoms with Crippen LogP contribution in [0, 0.1) is 0 Å². The lowest BCUT2D eigenvalue weighted by Crippen LogP contribution is -2.29. The summed E-state index contributed by atoms with van der Waals surface area (Å²) in [6.07, 6.45) is 5.79. The smallest absolute Gasteiger partial charge is 0.0940 e. The monoisotopic (exact) mass is 343 g/mol. The highest BCUT2D eigenvalue weighted by Crippen LogP contribution is 2.28. The van der Waals surface area contributed by atoms with Crippen LogP contribution in [-0.4, -0.2) is 18.1 Å². The molecule has 0 saturated carbocycles. The van der Waals surface area contributed by atoms with Gasteiger partial charge in [-0.05, 0) is 55.2 Å². The molecule has 2 heterocycles. The first-order valence-electron chi connectivity index (χ1n) is 9.47. The third kappa shape index (κ3) is 3.88. The molecule has 1 atom stereocenters. The fourth-order valence-corrected chi connectivity index (χ4v) is 3.63. The van der Waals surface area contributed by atoms with E-state index in [0.717, 1.165) is 24.5 Å². The molecule has 0 bridgehead atoms. The number of aromatic nitrogens is 1. The van der Waals surface area contributed by atoms with Gasteiger partial charge in [0.15, 0.2) is 0 Å². The van der Waals surface area contributed by atoms with Crippen molar-refractivity contribution in [2.45, 2.75) is 25.3 Å². The standard InChI is InChI=1S/C23H25N3/c1-3-10-19(11-4-1)23(22-14-5-6-15-24-22)25-20-12-9-13-21(18-20)26-16-7-2-8-17-26/h1,3-6,9-15,18,23,25H,2,7-8,16-17H2/t23-/m1/s1. The lowest BCUT2D eigenvalue weighted by molar-refractivity contribution is 0.578. The second kappa shape index (κ2) is 8.05. The van der Waals surface area contributed by atoms with E-state index in [4.69, 9.17) is 0 Å². The summed E-state index contributed by atoms with van der Waals surface area (Å²) in [7, 11) is 0. The summed E-state index contributed by atoms with van der Waals surface area (Å²) in [5.41, 5.74) is 4.69. The van der Waals surface area contributed by atoms with Gasteiger partial charge in [0.1, 0.15) is 0 Å². The maximum absolute atomic E-state index is 4.59. The Hall–Kier alpha value is -2.81. The van der Waals surface area contributed by atoms with Crippen LogP contribution in [0.5, 0.6) is 0 Å². The summed E-state index contributed by atoms with van der Waals surface area (Å²) in [5.74, 6) is 0. The van der Waals surface area contributed by atoms with Crippen molar-refractivity contribution < 1.29 is 0 Å². The highest BCUT2D eigenvalue weighted by atomic mass is 15.1. The fourth-order valence-electron chi connectivity index (χ4n) is 3.63. The molecule has 1 N–H and O–H groups in total. The van der Waals surface area contributed by atoms with Gasteiger partial charge in [-0.25, -0.2) is 0 Å². The topological polar surface area (TPSA) is 28.2 Å². The van der Waals surface area contributed by atoms with Gasteiger partial charge in [-0.1, -0.05) is 42.5 Å². The van der Waals surface area contributed by atoms with Crippen LogP contribution >= 0.6 is 0 Å². The Morgan fingerprint density at radius 2 is 1.62 bits per heavy atom. The second-order valence-corrected chi connectivity index (χ2v) is 6.84. The minimum atomic E-state index is 0.0361. The normalized spacial score (nSPS) is 15.5. The lowest BCUT2D eigenvalue weighted by Gasteiger charge is -2.29. The maximum atomic E-state index is 4.59. The zero-order valence-electron chi connectivity index (χ0n) is 15.0. The first-order valence-corrected chi connectivity index (χ1v) is 9.47. The first-order chi connectivity index (χ1) is 12.9. The van der Waals surface area contributed by atoms with E-state index in [1.165, 1.54) is 30.5 Å². The largest absolute Gasteiger partial charge is 0.373 e. The van der Waals surface area contributed by atoms with Gasteiger partial charge in [0, 0.05) is 30.7 Å². The number of nitrogens with zero attached hydrogens (tertiary/aromatic N) is 2. The molecular weight excluding hydrogens is 318 g/mol. The van der Waals surface area contributed by atoms with Gasteiger partial charge in [0.2, 0.25) is 0 Å². The SMILES string of the molecule is c1ccc([C@@H](Nc2cccc(N3CCCCC3)c2)c2ccccn2)cc1. The van der Waals surface area contributed by atoms with Gasteiger partial charge in [0.25, 0.3) is 0 Å². The highest BCUT2D eigenvalue weighted by Gasteiger charge is 2.16. The van der Waals surface area contributed by atoms with E-state index < -0.39 is 0 Å². The molecule has 3 heteroatoms. The van der Waals surface area contributed by atoms with Crippen LogP contribution in [0.1, 0.15) is 36.6 Å². The van der Waals surface area contributed by atoms with E-state index >= 15 is 0 Å². The average molecular weight is 343 g/mol. The third-order valence-corrected chi connectivity index (χ3v) is 4.99. The van der Waals surface area contributed by atoms with Crippen molar-refractivity contribution in [2.75, 3.05) is 23.3 Å². The predicted octanol–water partition coefficient (Wildman–Crippen LogP) is 5.27. The van der Waals surface area contributed by atoms with Crippen molar-refractivity contribution in [1.29, 1.82) is 0 Å². The van der Waals surface area contributed by atoms with Crippen LogP contribution in [0.3, 0.4) is 0 Å². The van der Waals surface area contributed by atoms with Gasteiger partial charge in [0.05, 0.1) is 11.7 Å². The highest BCUT2D eigenvalue weighted by molar-refractivity contribution is 5.59. The van der Waals surface area contributed by atoms with Crippen LogP contribution in [0.15, 0.2) is 79.0 Å². The zero-order chi connectivity index (χ0) is 17.6. The number of benzene rings is 2. The molecule has 1 aliphatic rings. The summed E-state index contributed by atoms with van der Waals surface area (Å²) in [4.78, 5) is 7.08. The Balaban J connectivity index is 1.62.